The third-order valence-corrected chi connectivity index (χ3v) is 3.20. The lowest BCUT2D eigenvalue weighted by atomic mass is 10.3. The van der Waals surface area contributed by atoms with Gasteiger partial charge in [-0.25, -0.2) is 4.98 Å². The number of hydrogen-bond acceptors (Lipinski definition) is 4. The van der Waals surface area contributed by atoms with Crippen LogP contribution in [0.1, 0.15) is 20.4 Å². The Morgan fingerprint density at radius 1 is 1.41 bits per heavy atom. The van der Waals surface area contributed by atoms with Gasteiger partial charge in [-0.2, -0.15) is 0 Å². The molecule has 0 unspecified atom stereocenters. The fourth-order valence-corrected chi connectivity index (χ4v) is 2.20. The van der Waals surface area contributed by atoms with Gasteiger partial charge in [0.2, 0.25) is 0 Å². The number of amides is 1. The van der Waals surface area contributed by atoms with Gasteiger partial charge < -0.3 is 5.32 Å². The number of carbonyl (C=O) groups excluding carboxylic acids is 1. The molecule has 0 aliphatic heterocycles. The average Bonchev–Trinajstić information content (AvgIpc) is 2.76. The number of thiazole rings is 1. The lowest BCUT2D eigenvalue weighted by Crippen LogP contribution is -2.26. The molecule has 0 aromatic carbocycles. The highest BCUT2D eigenvalue weighted by atomic mass is 32.1. The number of nitrogens with zero attached hydrogens (tertiary/aromatic N) is 2. The van der Waals surface area contributed by atoms with Crippen LogP contribution in [0, 0.1) is 6.92 Å². The van der Waals surface area contributed by atoms with Gasteiger partial charge in [0.1, 0.15) is 5.69 Å². The van der Waals surface area contributed by atoms with E-state index in [1.54, 1.807) is 35.7 Å². The lowest BCUT2D eigenvalue weighted by molar-refractivity contribution is 0.0949. The molecule has 2 heterocycles. The Morgan fingerprint density at radius 3 is 2.94 bits per heavy atom. The minimum atomic E-state index is -0.133. The van der Waals surface area contributed by atoms with Gasteiger partial charge in [-0.15, -0.1) is 11.3 Å². The molecule has 0 saturated carbocycles. The van der Waals surface area contributed by atoms with Crippen molar-refractivity contribution < 1.29 is 4.79 Å². The van der Waals surface area contributed by atoms with Crippen molar-refractivity contribution in [1.82, 2.24) is 15.3 Å². The van der Waals surface area contributed by atoms with Crippen molar-refractivity contribution in [3.05, 3.63) is 46.2 Å². The van der Waals surface area contributed by atoms with Crippen LogP contribution < -0.4 is 5.32 Å². The number of carbonyl (C=O) groups is 1. The van der Waals surface area contributed by atoms with Crippen molar-refractivity contribution in [2.24, 2.45) is 0 Å². The summed E-state index contributed by atoms with van der Waals surface area (Å²) in [4.78, 5) is 21.0. The van der Waals surface area contributed by atoms with E-state index < -0.39 is 0 Å². The molecule has 0 radical (unpaired) electrons. The van der Waals surface area contributed by atoms with Gasteiger partial charge in [0, 0.05) is 30.2 Å². The number of nitrogens with one attached hydrogen (secondary N) is 1. The van der Waals surface area contributed by atoms with Crippen molar-refractivity contribution in [3.8, 4) is 0 Å². The third-order valence-electron chi connectivity index (χ3n) is 2.22. The molecule has 0 aliphatic rings. The molecule has 88 valence electrons. The Morgan fingerprint density at radius 2 is 2.29 bits per heavy atom. The highest BCUT2D eigenvalue weighted by Gasteiger charge is 2.05. The van der Waals surface area contributed by atoms with Crippen LogP contribution in [0.2, 0.25) is 0 Å². The van der Waals surface area contributed by atoms with E-state index in [4.69, 9.17) is 0 Å². The van der Waals surface area contributed by atoms with Gasteiger partial charge in [0.05, 0.1) is 5.01 Å². The number of rotatable bonds is 4. The van der Waals surface area contributed by atoms with E-state index in [-0.39, 0.29) is 5.91 Å². The molecule has 2 aromatic heterocycles. The lowest BCUT2D eigenvalue weighted by Gasteiger charge is -2.02. The molecule has 5 heteroatoms. The van der Waals surface area contributed by atoms with Gasteiger partial charge in [0.15, 0.2) is 0 Å². The largest absolute Gasteiger partial charge is 0.350 e. The normalized spacial score (nSPS) is 10.2. The van der Waals surface area contributed by atoms with Gasteiger partial charge in [0.25, 0.3) is 5.91 Å². The van der Waals surface area contributed by atoms with E-state index in [1.807, 2.05) is 13.1 Å². The van der Waals surface area contributed by atoms with Crippen LogP contribution in [0.3, 0.4) is 0 Å². The molecule has 0 bridgehead atoms. The first-order valence-electron chi connectivity index (χ1n) is 5.36. The summed E-state index contributed by atoms with van der Waals surface area (Å²) in [6.07, 6.45) is 4.28. The van der Waals surface area contributed by atoms with E-state index in [1.165, 1.54) is 4.88 Å². The summed E-state index contributed by atoms with van der Waals surface area (Å²) in [5, 5.41) is 3.89. The summed E-state index contributed by atoms with van der Waals surface area (Å²) in [5.74, 6) is -0.133. The molecule has 1 amide bonds. The van der Waals surface area contributed by atoms with Crippen molar-refractivity contribution in [2.45, 2.75) is 13.3 Å². The zero-order valence-corrected chi connectivity index (χ0v) is 10.3. The van der Waals surface area contributed by atoms with E-state index >= 15 is 0 Å². The fourth-order valence-electron chi connectivity index (χ4n) is 1.41. The van der Waals surface area contributed by atoms with Crippen LogP contribution in [-0.4, -0.2) is 22.4 Å². The summed E-state index contributed by atoms with van der Waals surface area (Å²) >= 11 is 1.66. The second-order valence-corrected chi connectivity index (χ2v) is 4.89. The second kappa shape index (κ2) is 5.54. The minimum Gasteiger partial charge on any atom is -0.350 e. The molecule has 4 nitrogen and oxygen atoms in total. The van der Waals surface area contributed by atoms with Crippen molar-refractivity contribution in [3.63, 3.8) is 0 Å². The highest BCUT2D eigenvalue weighted by molar-refractivity contribution is 7.11. The zero-order valence-electron chi connectivity index (χ0n) is 9.51. The van der Waals surface area contributed by atoms with Gasteiger partial charge in [-0.1, -0.05) is 6.07 Å². The first kappa shape index (κ1) is 11.7. The molecule has 0 spiro atoms. The molecule has 1 N–H and O–H groups in total. The zero-order chi connectivity index (χ0) is 12.1. The Hall–Kier alpha value is -1.75. The number of hydrogen-bond donors (Lipinski definition) is 1. The van der Waals surface area contributed by atoms with Gasteiger partial charge in [-0.05, 0) is 19.1 Å². The first-order chi connectivity index (χ1) is 8.25. The predicted molar refractivity (Wildman–Crippen MR) is 67.1 cm³/mol. The van der Waals surface area contributed by atoms with Crippen molar-refractivity contribution in [1.29, 1.82) is 0 Å². The highest BCUT2D eigenvalue weighted by Crippen LogP contribution is 2.11. The topological polar surface area (TPSA) is 54.9 Å². The Bertz CT molecular complexity index is 495. The number of aryl methyl sites for hydroxylation is 1. The van der Waals surface area contributed by atoms with Crippen LogP contribution >= 0.6 is 11.3 Å². The van der Waals surface area contributed by atoms with Crippen LogP contribution in [0.25, 0.3) is 0 Å². The average molecular weight is 247 g/mol. The summed E-state index contributed by atoms with van der Waals surface area (Å²) in [5.41, 5.74) is 0.452. The summed E-state index contributed by atoms with van der Waals surface area (Å²) < 4.78 is 0. The predicted octanol–water partition coefficient (Wildman–Crippen LogP) is 1.82. The Balaban J connectivity index is 1.81. The van der Waals surface area contributed by atoms with E-state index in [2.05, 4.69) is 15.3 Å². The van der Waals surface area contributed by atoms with Crippen LogP contribution in [0.4, 0.5) is 0 Å². The molecule has 17 heavy (non-hydrogen) atoms. The second-order valence-electron chi connectivity index (χ2n) is 3.57. The molecular formula is C12H13N3OS. The van der Waals surface area contributed by atoms with Crippen LogP contribution in [0.15, 0.2) is 30.6 Å². The molecule has 0 aliphatic carbocycles. The SMILES string of the molecule is Cc1ncc(CCNC(=O)c2ccccn2)s1. The quantitative estimate of drug-likeness (QED) is 0.896. The minimum absolute atomic E-state index is 0.133. The van der Waals surface area contributed by atoms with Crippen LogP contribution in [-0.2, 0) is 6.42 Å². The first-order valence-corrected chi connectivity index (χ1v) is 6.18. The standard InChI is InChI=1S/C12H13N3OS/c1-9-15-8-10(17-9)5-7-14-12(16)11-4-2-3-6-13-11/h2-4,6,8H,5,7H2,1H3,(H,14,16). The molecule has 0 saturated heterocycles. The molecule has 2 rings (SSSR count). The van der Waals surface area contributed by atoms with Gasteiger partial charge in [-0.3, -0.25) is 9.78 Å². The maximum Gasteiger partial charge on any atom is 0.269 e. The Labute approximate surface area is 104 Å². The van der Waals surface area contributed by atoms with E-state index in [0.29, 0.717) is 12.2 Å². The summed E-state index contributed by atoms with van der Waals surface area (Å²) in [6.45, 7) is 2.58. The fraction of sp³-hybridized carbons (Fsp3) is 0.250. The maximum absolute atomic E-state index is 11.7. The van der Waals surface area contributed by atoms with Crippen molar-refractivity contribution in [2.75, 3.05) is 6.54 Å². The molecule has 0 fully saturated rings. The third kappa shape index (κ3) is 3.35. The van der Waals surface area contributed by atoms with Crippen LogP contribution in [0.5, 0.6) is 0 Å². The monoisotopic (exact) mass is 247 g/mol. The van der Waals surface area contributed by atoms with E-state index in [9.17, 15) is 4.79 Å². The van der Waals surface area contributed by atoms with E-state index in [0.717, 1.165) is 11.4 Å². The van der Waals surface area contributed by atoms with Gasteiger partial charge >= 0.3 is 0 Å². The number of pyridine rings is 1. The maximum atomic E-state index is 11.7. The summed E-state index contributed by atoms with van der Waals surface area (Å²) in [6, 6.07) is 5.29. The Kier molecular flexibility index (Phi) is 3.82. The van der Waals surface area contributed by atoms with Crippen molar-refractivity contribution >= 4 is 17.2 Å². The number of aromatic nitrogens is 2. The molecule has 2 aromatic rings. The summed E-state index contributed by atoms with van der Waals surface area (Å²) in [7, 11) is 0. The molecular weight excluding hydrogens is 234 g/mol. The molecule has 0 atom stereocenters. The smallest absolute Gasteiger partial charge is 0.269 e.